The van der Waals surface area contributed by atoms with Crippen molar-refractivity contribution in [1.29, 1.82) is 0 Å². The lowest BCUT2D eigenvalue weighted by Crippen LogP contribution is -2.40. The number of ether oxygens (including phenoxy) is 1. The Balaban J connectivity index is 2.23. The number of aryl methyl sites for hydroxylation is 1. The lowest BCUT2D eigenvalue weighted by molar-refractivity contribution is -0.111. The third-order valence-electron chi connectivity index (χ3n) is 3.63. The maximum Gasteiger partial charge on any atom is 0.248 e. The van der Waals surface area contributed by atoms with Crippen LogP contribution in [0.15, 0.2) is 47.4 Å². The average Bonchev–Trinajstić information content (AvgIpc) is 2.58. The quantitative estimate of drug-likeness (QED) is 0.652. The van der Waals surface area contributed by atoms with E-state index in [4.69, 9.17) is 4.74 Å². The highest BCUT2D eigenvalue weighted by Crippen LogP contribution is 2.23. The van der Waals surface area contributed by atoms with Gasteiger partial charge in [-0.25, -0.2) is 8.42 Å². The van der Waals surface area contributed by atoms with Crippen LogP contribution in [0.1, 0.15) is 12.5 Å². The van der Waals surface area contributed by atoms with Gasteiger partial charge >= 0.3 is 0 Å². The highest BCUT2D eigenvalue weighted by Gasteiger charge is 2.26. The third kappa shape index (κ3) is 4.53. The zero-order valence-corrected chi connectivity index (χ0v) is 14.7. The lowest BCUT2D eigenvalue weighted by Gasteiger charge is -2.26. The van der Waals surface area contributed by atoms with Gasteiger partial charge in [0.2, 0.25) is 15.9 Å². The minimum absolute atomic E-state index is 0.169. The van der Waals surface area contributed by atoms with Crippen molar-refractivity contribution in [2.45, 2.75) is 18.7 Å². The number of benzene rings is 1. The van der Waals surface area contributed by atoms with Crippen molar-refractivity contribution in [3.05, 3.63) is 48.1 Å². The fourth-order valence-corrected chi connectivity index (χ4v) is 3.70. The number of allylic oxidation sites excluding steroid dienone is 3. The Morgan fingerprint density at radius 2 is 1.96 bits per heavy atom. The Morgan fingerprint density at radius 1 is 1.25 bits per heavy atom. The van der Waals surface area contributed by atoms with Gasteiger partial charge in [-0.2, -0.15) is 4.31 Å². The molecule has 130 valence electrons. The molecule has 1 aliphatic heterocycles. The molecule has 1 aliphatic rings. The van der Waals surface area contributed by atoms with Gasteiger partial charge in [-0.3, -0.25) is 4.79 Å². The van der Waals surface area contributed by atoms with Gasteiger partial charge in [0.15, 0.2) is 0 Å². The van der Waals surface area contributed by atoms with Crippen LogP contribution in [0.4, 0.5) is 5.69 Å². The maximum absolute atomic E-state index is 12.7. The highest BCUT2D eigenvalue weighted by atomic mass is 32.2. The zero-order chi connectivity index (χ0) is 17.6. The lowest BCUT2D eigenvalue weighted by atomic mass is 10.2. The molecule has 0 atom stereocenters. The van der Waals surface area contributed by atoms with E-state index in [1.807, 2.05) is 19.9 Å². The summed E-state index contributed by atoms with van der Waals surface area (Å²) in [5, 5.41) is 2.72. The Labute approximate surface area is 142 Å². The molecule has 0 unspecified atom stereocenters. The van der Waals surface area contributed by atoms with E-state index < -0.39 is 10.0 Å². The number of nitrogens with one attached hydrogen (secondary N) is 1. The molecule has 1 fully saturated rings. The Morgan fingerprint density at radius 3 is 2.62 bits per heavy atom. The van der Waals surface area contributed by atoms with E-state index in [0.29, 0.717) is 32.0 Å². The summed E-state index contributed by atoms with van der Waals surface area (Å²) in [4.78, 5) is 12.1. The number of hydrogen-bond donors (Lipinski definition) is 1. The van der Waals surface area contributed by atoms with Crippen LogP contribution in [0.3, 0.4) is 0 Å². The summed E-state index contributed by atoms with van der Waals surface area (Å²) in [6, 6.07) is 4.76. The van der Waals surface area contributed by atoms with Crippen molar-refractivity contribution in [3.8, 4) is 0 Å². The second-order valence-corrected chi connectivity index (χ2v) is 7.31. The Kier molecular flexibility index (Phi) is 6.30. The first-order valence-electron chi connectivity index (χ1n) is 7.74. The molecule has 1 saturated heterocycles. The van der Waals surface area contributed by atoms with E-state index in [-0.39, 0.29) is 10.8 Å². The van der Waals surface area contributed by atoms with Gasteiger partial charge in [-0.05, 0) is 31.5 Å². The fraction of sp³-hybridized carbons (Fsp3) is 0.353. The first kappa shape index (κ1) is 18.4. The third-order valence-corrected chi connectivity index (χ3v) is 5.52. The van der Waals surface area contributed by atoms with Crippen molar-refractivity contribution in [1.82, 2.24) is 4.31 Å². The first-order valence-corrected chi connectivity index (χ1v) is 9.18. The van der Waals surface area contributed by atoms with Crippen molar-refractivity contribution in [3.63, 3.8) is 0 Å². The van der Waals surface area contributed by atoms with Gasteiger partial charge in [0, 0.05) is 24.9 Å². The molecule has 24 heavy (non-hydrogen) atoms. The summed E-state index contributed by atoms with van der Waals surface area (Å²) < 4.78 is 32.0. The number of carbonyl (C=O) groups is 1. The second kappa shape index (κ2) is 8.23. The molecule has 1 heterocycles. The molecule has 1 aromatic rings. The van der Waals surface area contributed by atoms with Crippen LogP contribution in [-0.4, -0.2) is 44.9 Å². The van der Waals surface area contributed by atoms with Gasteiger partial charge in [0.05, 0.1) is 18.1 Å². The van der Waals surface area contributed by atoms with Crippen molar-refractivity contribution in [2.24, 2.45) is 0 Å². The van der Waals surface area contributed by atoms with Gasteiger partial charge in [-0.15, -0.1) is 0 Å². The van der Waals surface area contributed by atoms with E-state index in [1.165, 1.54) is 16.4 Å². The van der Waals surface area contributed by atoms with E-state index in [9.17, 15) is 13.2 Å². The summed E-state index contributed by atoms with van der Waals surface area (Å²) in [6.45, 7) is 5.13. The summed E-state index contributed by atoms with van der Waals surface area (Å²) in [5.41, 5.74) is 1.28. The summed E-state index contributed by atoms with van der Waals surface area (Å²) in [5.74, 6) is -0.308. The molecule has 7 heteroatoms. The number of morpholine rings is 1. The van der Waals surface area contributed by atoms with Crippen LogP contribution in [0.2, 0.25) is 0 Å². The molecule has 2 rings (SSSR count). The van der Waals surface area contributed by atoms with E-state index in [1.54, 1.807) is 24.3 Å². The van der Waals surface area contributed by atoms with E-state index in [0.717, 1.165) is 5.56 Å². The predicted molar refractivity (Wildman–Crippen MR) is 93.3 cm³/mol. The monoisotopic (exact) mass is 350 g/mol. The van der Waals surface area contributed by atoms with E-state index in [2.05, 4.69) is 5.32 Å². The molecule has 0 aliphatic carbocycles. The molecule has 1 N–H and O–H groups in total. The molecule has 1 aromatic carbocycles. The molecule has 0 saturated carbocycles. The SMILES string of the molecule is C/C=C/C=C/C(=O)Nc1cc(S(=O)(=O)N2CCOCC2)ccc1C. The van der Waals surface area contributed by atoms with Gasteiger partial charge < -0.3 is 10.1 Å². The molecular weight excluding hydrogens is 328 g/mol. The maximum atomic E-state index is 12.7. The summed E-state index contributed by atoms with van der Waals surface area (Å²) >= 11 is 0. The minimum Gasteiger partial charge on any atom is -0.379 e. The minimum atomic E-state index is -3.59. The van der Waals surface area contributed by atoms with Crippen LogP contribution in [0, 0.1) is 6.92 Å². The summed E-state index contributed by atoms with van der Waals surface area (Å²) in [6.07, 6.45) is 6.57. The number of amides is 1. The largest absolute Gasteiger partial charge is 0.379 e. The normalized spacial score (nSPS) is 16.8. The van der Waals surface area contributed by atoms with Gasteiger partial charge in [-0.1, -0.05) is 24.3 Å². The molecule has 0 spiro atoms. The number of nitrogens with zero attached hydrogens (tertiary/aromatic N) is 1. The molecular formula is C17H22N2O4S. The standard InChI is InChI=1S/C17H22N2O4S/c1-3-4-5-6-17(20)18-16-13-15(8-7-14(16)2)24(21,22)19-9-11-23-12-10-19/h3-8,13H,9-12H2,1-2H3,(H,18,20)/b4-3+,6-5+. The van der Waals surface area contributed by atoms with E-state index >= 15 is 0 Å². The molecule has 1 amide bonds. The van der Waals surface area contributed by atoms with Crippen LogP contribution in [0.5, 0.6) is 0 Å². The number of anilines is 1. The first-order chi connectivity index (χ1) is 11.4. The molecule has 0 radical (unpaired) electrons. The van der Waals surface area contributed by atoms with Crippen LogP contribution in [-0.2, 0) is 19.6 Å². The van der Waals surface area contributed by atoms with Gasteiger partial charge in [0.1, 0.15) is 0 Å². The molecule has 0 aromatic heterocycles. The van der Waals surface area contributed by atoms with Gasteiger partial charge in [0.25, 0.3) is 0 Å². The average molecular weight is 350 g/mol. The predicted octanol–water partition coefficient (Wildman–Crippen LogP) is 2.09. The number of rotatable bonds is 5. The fourth-order valence-electron chi connectivity index (χ4n) is 2.26. The summed E-state index contributed by atoms with van der Waals surface area (Å²) in [7, 11) is -3.59. The van der Waals surface area contributed by atoms with Crippen LogP contribution >= 0.6 is 0 Å². The van der Waals surface area contributed by atoms with Crippen molar-refractivity contribution < 1.29 is 17.9 Å². The smallest absolute Gasteiger partial charge is 0.248 e. The number of carbonyl (C=O) groups excluding carboxylic acids is 1. The zero-order valence-electron chi connectivity index (χ0n) is 13.9. The molecule has 6 nitrogen and oxygen atoms in total. The highest BCUT2D eigenvalue weighted by molar-refractivity contribution is 7.89. The second-order valence-electron chi connectivity index (χ2n) is 5.37. The topological polar surface area (TPSA) is 75.7 Å². The Bertz CT molecular complexity index is 748. The number of sulfonamides is 1. The van der Waals surface area contributed by atoms with Crippen molar-refractivity contribution in [2.75, 3.05) is 31.6 Å². The Hall–Kier alpha value is -1.96. The van der Waals surface area contributed by atoms with Crippen molar-refractivity contribution >= 4 is 21.6 Å². The van der Waals surface area contributed by atoms with Crippen LogP contribution < -0.4 is 5.32 Å². The number of hydrogen-bond acceptors (Lipinski definition) is 4. The molecule has 0 bridgehead atoms. The van der Waals surface area contributed by atoms with Crippen LogP contribution in [0.25, 0.3) is 0 Å².